The van der Waals surface area contributed by atoms with Crippen molar-refractivity contribution in [2.24, 2.45) is 11.8 Å². The van der Waals surface area contributed by atoms with E-state index in [4.69, 9.17) is 0 Å². The quantitative estimate of drug-likeness (QED) is 0.779. The molecule has 0 saturated carbocycles. The maximum absolute atomic E-state index is 4.29. The van der Waals surface area contributed by atoms with Gasteiger partial charge in [-0.2, -0.15) is 4.98 Å². The van der Waals surface area contributed by atoms with E-state index in [1.165, 1.54) is 0 Å². The van der Waals surface area contributed by atoms with Gasteiger partial charge in [0.05, 0.1) is 0 Å². The molecule has 0 aliphatic carbocycles. The van der Waals surface area contributed by atoms with Gasteiger partial charge in [-0.25, -0.2) is 4.98 Å². The van der Waals surface area contributed by atoms with Crippen LogP contribution in [0.4, 0.5) is 11.8 Å². The molecule has 1 aromatic heterocycles. The van der Waals surface area contributed by atoms with Gasteiger partial charge in [0.1, 0.15) is 5.82 Å². The van der Waals surface area contributed by atoms with Crippen LogP contribution in [0.5, 0.6) is 0 Å². The fraction of sp³-hybridized carbons (Fsp3) is 0.636. The smallest absolute Gasteiger partial charge is 0.224 e. The Balaban J connectivity index is 2.50. The Labute approximate surface area is 91.5 Å². The van der Waals surface area contributed by atoms with Crippen LogP contribution in [-0.4, -0.2) is 23.6 Å². The minimum absolute atomic E-state index is 0.637. The molecule has 4 heteroatoms. The molecule has 0 radical (unpaired) electrons. The van der Waals surface area contributed by atoms with Crippen molar-refractivity contribution < 1.29 is 0 Å². The topological polar surface area (TPSA) is 49.8 Å². The molecule has 0 bridgehead atoms. The summed E-state index contributed by atoms with van der Waals surface area (Å²) < 4.78 is 0. The minimum atomic E-state index is 0.637. The van der Waals surface area contributed by atoms with Crippen molar-refractivity contribution in [2.75, 3.05) is 24.2 Å². The van der Waals surface area contributed by atoms with Crippen LogP contribution < -0.4 is 10.6 Å². The zero-order valence-electron chi connectivity index (χ0n) is 9.91. The second-order valence-electron chi connectivity index (χ2n) is 4.12. The fourth-order valence-corrected chi connectivity index (χ4v) is 1.08. The first kappa shape index (κ1) is 11.8. The molecule has 0 amide bonds. The number of aromatic nitrogens is 2. The maximum Gasteiger partial charge on any atom is 0.224 e. The lowest BCUT2D eigenvalue weighted by molar-refractivity contribution is 0.439. The van der Waals surface area contributed by atoms with Crippen molar-refractivity contribution in [1.29, 1.82) is 0 Å². The molecule has 4 nitrogen and oxygen atoms in total. The number of rotatable bonds is 5. The second-order valence-corrected chi connectivity index (χ2v) is 4.12. The first-order chi connectivity index (χ1) is 7.13. The van der Waals surface area contributed by atoms with Crippen LogP contribution in [0.3, 0.4) is 0 Å². The van der Waals surface area contributed by atoms with Crippen LogP contribution in [-0.2, 0) is 0 Å². The molecule has 0 aliphatic heterocycles. The zero-order valence-corrected chi connectivity index (χ0v) is 9.91. The van der Waals surface area contributed by atoms with Gasteiger partial charge in [-0.05, 0) is 17.9 Å². The molecule has 1 atom stereocenters. The monoisotopic (exact) mass is 208 g/mol. The van der Waals surface area contributed by atoms with E-state index in [-0.39, 0.29) is 0 Å². The largest absolute Gasteiger partial charge is 0.370 e. The summed E-state index contributed by atoms with van der Waals surface area (Å²) >= 11 is 0. The zero-order chi connectivity index (χ0) is 11.3. The molecule has 0 aromatic carbocycles. The lowest BCUT2D eigenvalue weighted by Gasteiger charge is -2.16. The van der Waals surface area contributed by atoms with Crippen molar-refractivity contribution in [3.05, 3.63) is 12.3 Å². The van der Waals surface area contributed by atoms with Gasteiger partial charge in [0.25, 0.3) is 0 Å². The third-order valence-corrected chi connectivity index (χ3v) is 2.62. The highest BCUT2D eigenvalue weighted by Gasteiger charge is 2.06. The second kappa shape index (κ2) is 5.53. The predicted molar refractivity (Wildman–Crippen MR) is 64.1 cm³/mol. The number of hydrogen-bond acceptors (Lipinski definition) is 4. The third-order valence-electron chi connectivity index (χ3n) is 2.62. The number of hydrogen-bond donors (Lipinski definition) is 2. The Bertz CT molecular complexity index is 298. The summed E-state index contributed by atoms with van der Waals surface area (Å²) in [5, 5.41) is 6.22. The van der Waals surface area contributed by atoms with Crippen molar-refractivity contribution in [1.82, 2.24) is 9.97 Å². The van der Waals surface area contributed by atoms with E-state index < -0.39 is 0 Å². The Hall–Kier alpha value is -1.32. The third kappa shape index (κ3) is 3.73. The van der Waals surface area contributed by atoms with Crippen LogP contribution in [0.2, 0.25) is 0 Å². The average Bonchev–Trinajstić information content (AvgIpc) is 2.26. The molecule has 2 N–H and O–H groups in total. The summed E-state index contributed by atoms with van der Waals surface area (Å²) in [7, 11) is 1.82. The van der Waals surface area contributed by atoms with Gasteiger partial charge < -0.3 is 10.6 Å². The van der Waals surface area contributed by atoms with Crippen molar-refractivity contribution in [3.8, 4) is 0 Å². The molecule has 1 unspecified atom stereocenters. The standard InChI is InChI=1S/C11H20N4/c1-8(2)9(3)7-14-10-5-6-13-11(12-4)15-10/h5-6,8-9H,7H2,1-4H3,(H2,12,13,14,15). The van der Waals surface area contributed by atoms with E-state index in [2.05, 4.69) is 41.4 Å². The Morgan fingerprint density at radius 2 is 2.07 bits per heavy atom. The molecule has 84 valence electrons. The van der Waals surface area contributed by atoms with E-state index in [1.54, 1.807) is 6.20 Å². The molecule has 0 aliphatic rings. The highest BCUT2D eigenvalue weighted by molar-refractivity contribution is 5.39. The van der Waals surface area contributed by atoms with E-state index >= 15 is 0 Å². The number of anilines is 2. The van der Waals surface area contributed by atoms with E-state index in [1.807, 2.05) is 13.1 Å². The normalized spacial score (nSPS) is 12.6. The maximum atomic E-state index is 4.29. The van der Waals surface area contributed by atoms with Gasteiger partial charge in [-0.1, -0.05) is 20.8 Å². The molecule has 0 saturated heterocycles. The summed E-state index contributed by atoms with van der Waals surface area (Å²) in [6.45, 7) is 7.63. The van der Waals surface area contributed by atoms with Crippen LogP contribution >= 0.6 is 0 Å². The van der Waals surface area contributed by atoms with Crippen LogP contribution in [0.15, 0.2) is 12.3 Å². The van der Waals surface area contributed by atoms with Crippen LogP contribution in [0.25, 0.3) is 0 Å². The first-order valence-electron chi connectivity index (χ1n) is 5.38. The van der Waals surface area contributed by atoms with Gasteiger partial charge in [0.2, 0.25) is 5.95 Å². The van der Waals surface area contributed by atoms with Gasteiger partial charge in [-0.3, -0.25) is 0 Å². The van der Waals surface area contributed by atoms with E-state index in [0.29, 0.717) is 17.8 Å². The van der Waals surface area contributed by atoms with E-state index in [0.717, 1.165) is 12.4 Å². The lowest BCUT2D eigenvalue weighted by atomic mass is 9.98. The summed E-state index contributed by atoms with van der Waals surface area (Å²) in [5.74, 6) is 2.85. The van der Waals surface area contributed by atoms with Crippen molar-refractivity contribution >= 4 is 11.8 Å². The molecule has 0 fully saturated rings. The summed E-state index contributed by atoms with van der Waals surface area (Å²) in [6, 6.07) is 1.88. The van der Waals surface area contributed by atoms with Crippen LogP contribution in [0.1, 0.15) is 20.8 Å². The molecular formula is C11H20N4. The Morgan fingerprint density at radius 1 is 1.33 bits per heavy atom. The molecule has 1 aromatic rings. The SMILES string of the molecule is CNc1nccc(NCC(C)C(C)C)n1. The first-order valence-corrected chi connectivity index (χ1v) is 5.38. The highest BCUT2D eigenvalue weighted by atomic mass is 15.1. The summed E-state index contributed by atoms with van der Waals surface area (Å²) in [5.41, 5.74) is 0. The Morgan fingerprint density at radius 3 is 2.67 bits per heavy atom. The average molecular weight is 208 g/mol. The van der Waals surface area contributed by atoms with Gasteiger partial charge >= 0.3 is 0 Å². The molecular weight excluding hydrogens is 188 g/mol. The predicted octanol–water partition coefficient (Wildman–Crippen LogP) is 2.22. The van der Waals surface area contributed by atoms with Gasteiger partial charge in [0.15, 0.2) is 0 Å². The van der Waals surface area contributed by atoms with Crippen molar-refractivity contribution in [2.45, 2.75) is 20.8 Å². The number of nitrogens with zero attached hydrogens (tertiary/aromatic N) is 2. The van der Waals surface area contributed by atoms with Crippen LogP contribution in [0, 0.1) is 11.8 Å². The molecule has 1 rings (SSSR count). The van der Waals surface area contributed by atoms with Gasteiger partial charge in [0, 0.05) is 19.8 Å². The molecule has 1 heterocycles. The van der Waals surface area contributed by atoms with Gasteiger partial charge in [-0.15, -0.1) is 0 Å². The Kier molecular flexibility index (Phi) is 4.34. The lowest BCUT2D eigenvalue weighted by Crippen LogP contribution is -2.17. The summed E-state index contributed by atoms with van der Waals surface area (Å²) in [6.07, 6.45) is 1.75. The molecule has 0 spiro atoms. The summed E-state index contributed by atoms with van der Waals surface area (Å²) in [4.78, 5) is 8.35. The fourth-order valence-electron chi connectivity index (χ4n) is 1.08. The molecule has 15 heavy (non-hydrogen) atoms. The van der Waals surface area contributed by atoms with Crippen molar-refractivity contribution in [3.63, 3.8) is 0 Å². The highest BCUT2D eigenvalue weighted by Crippen LogP contribution is 2.11. The minimum Gasteiger partial charge on any atom is -0.370 e. The number of nitrogens with one attached hydrogen (secondary N) is 2. The van der Waals surface area contributed by atoms with E-state index in [9.17, 15) is 0 Å².